The van der Waals surface area contributed by atoms with Crippen molar-refractivity contribution in [3.63, 3.8) is 0 Å². The van der Waals surface area contributed by atoms with E-state index in [1.165, 1.54) is 25.3 Å². The van der Waals surface area contributed by atoms with Crippen molar-refractivity contribution in [2.45, 2.75) is 6.92 Å². The van der Waals surface area contributed by atoms with E-state index in [-0.39, 0.29) is 5.56 Å². The number of ether oxygens (including phenoxy) is 1. The van der Waals surface area contributed by atoms with Gasteiger partial charge in [-0.3, -0.25) is 9.78 Å². The number of hydrogen-bond donors (Lipinski definition) is 1. The van der Waals surface area contributed by atoms with Gasteiger partial charge < -0.3 is 10.1 Å². The molecule has 0 saturated heterocycles. The third-order valence-corrected chi connectivity index (χ3v) is 3.73. The molecule has 0 unspecified atom stereocenters. The van der Waals surface area contributed by atoms with Crippen LogP contribution in [0.4, 0.5) is 10.1 Å². The highest BCUT2D eigenvalue weighted by atomic mass is 19.1. The van der Waals surface area contributed by atoms with E-state index in [0.29, 0.717) is 27.8 Å². The van der Waals surface area contributed by atoms with E-state index >= 15 is 0 Å². The summed E-state index contributed by atoms with van der Waals surface area (Å²) >= 11 is 0. The molecule has 3 rings (SSSR count). The molecule has 126 valence electrons. The Hall–Kier alpha value is -3.28. The number of para-hydroxylation sites is 1. The summed E-state index contributed by atoms with van der Waals surface area (Å²) in [7, 11) is 1.27. The molecule has 5 nitrogen and oxygen atoms in total. The van der Waals surface area contributed by atoms with Crippen LogP contribution in [0.5, 0.6) is 0 Å². The van der Waals surface area contributed by atoms with Crippen LogP contribution in [0.2, 0.25) is 0 Å². The highest BCUT2D eigenvalue weighted by Crippen LogP contribution is 2.22. The summed E-state index contributed by atoms with van der Waals surface area (Å²) in [5.74, 6) is -1.39. The summed E-state index contributed by atoms with van der Waals surface area (Å²) in [4.78, 5) is 28.8. The van der Waals surface area contributed by atoms with Gasteiger partial charge in [0.15, 0.2) is 0 Å². The van der Waals surface area contributed by atoms with E-state index in [1.54, 1.807) is 37.3 Å². The predicted molar refractivity (Wildman–Crippen MR) is 92.2 cm³/mol. The average molecular weight is 338 g/mol. The van der Waals surface area contributed by atoms with Crippen molar-refractivity contribution < 1.29 is 18.7 Å². The van der Waals surface area contributed by atoms with Crippen LogP contribution in [-0.2, 0) is 4.74 Å². The second kappa shape index (κ2) is 6.68. The number of methoxy groups -OCH3 is 1. The molecular formula is C19H15FN2O3. The fourth-order valence-corrected chi connectivity index (χ4v) is 2.59. The first-order valence-corrected chi connectivity index (χ1v) is 7.55. The molecule has 0 spiro atoms. The van der Waals surface area contributed by atoms with Gasteiger partial charge in [0.1, 0.15) is 5.82 Å². The van der Waals surface area contributed by atoms with Crippen LogP contribution in [0, 0.1) is 12.7 Å². The van der Waals surface area contributed by atoms with Gasteiger partial charge in [-0.25, -0.2) is 9.18 Å². The molecule has 0 bridgehead atoms. The van der Waals surface area contributed by atoms with Crippen molar-refractivity contribution in [1.82, 2.24) is 4.98 Å². The van der Waals surface area contributed by atoms with Crippen molar-refractivity contribution in [3.8, 4) is 0 Å². The Morgan fingerprint density at radius 3 is 2.60 bits per heavy atom. The molecule has 25 heavy (non-hydrogen) atoms. The normalized spacial score (nSPS) is 10.5. The van der Waals surface area contributed by atoms with E-state index in [4.69, 9.17) is 4.74 Å². The van der Waals surface area contributed by atoms with Gasteiger partial charge in [0.05, 0.1) is 29.4 Å². The van der Waals surface area contributed by atoms with E-state index in [0.717, 1.165) is 0 Å². The number of esters is 1. The quantitative estimate of drug-likeness (QED) is 0.739. The number of nitrogens with zero attached hydrogens (tertiary/aromatic N) is 1. The summed E-state index contributed by atoms with van der Waals surface area (Å²) in [6.07, 6.45) is 0. The number of rotatable bonds is 3. The lowest BCUT2D eigenvalue weighted by molar-refractivity contribution is 0.0602. The lowest BCUT2D eigenvalue weighted by atomic mass is 10.1. The smallest absolute Gasteiger partial charge is 0.339 e. The molecule has 6 heteroatoms. The summed E-state index contributed by atoms with van der Waals surface area (Å²) in [6.45, 7) is 1.73. The number of anilines is 1. The van der Waals surface area contributed by atoms with Crippen LogP contribution in [0.3, 0.4) is 0 Å². The Kier molecular flexibility index (Phi) is 4.43. The van der Waals surface area contributed by atoms with Gasteiger partial charge in [-0.2, -0.15) is 0 Å². The molecule has 3 aromatic rings. The molecule has 1 amide bonds. The largest absolute Gasteiger partial charge is 0.465 e. The maximum absolute atomic E-state index is 13.4. The van der Waals surface area contributed by atoms with Gasteiger partial charge in [0.25, 0.3) is 5.91 Å². The minimum atomic E-state index is -0.547. The van der Waals surface area contributed by atoms with Crippen LogP contribution in [0.15, 0.2) is 48.5 Å². The third-order valence-electron chi connectivity index (χ3n) is 3.73. The maximum Gasteiger partial charge on any atom is 0.339 e. The third kappa shape index (κ3) is 3.33. The zero-order valence-corrected chi connectivity index (χ0v) is 13.7. The Bertz CT molecular complexity index is 980. The molecule has 0 aliphatic heterocycles. The molecular weight excluding hydrogens is 323 g/mol. The minimum Gasteiger partial charge on any atom is -0.465 e. The highest BCUT2D eigenvalue weighted by molar-refractivity contribution is 6.14. The van der Waals surface area contributed by atoms with Gasteiger partial charge >= 0.3 is 5.97 Å². The number of carbonyl (C=O) groups is 2. The van der Waals surface area contributed by atoms with Gasteiger partial charge in [0.2, 0.25) is 0 Å². The summed E-state index contributed by atoms with van der Waals surface area (Å²) in [5, 5.41) is 3.24. The van der Waals surface area contributed by atoms with Crippen LogP contribution in [0.1, 0.15) is 26.4 Å². The molecule has 1 aromatic heterocycles. The number of aromatic nitrogens is 1. The van der Waals surface area contributed by atoms with Crippen molar-refractivity contribution in [3.05, 3.63) is 71.2 Å². The SMILES string of the molecule is COC(=O)c1ccccc1NC(=O)c1cc(C)nc2cc(F)ccc12. The summed E-state index contributed by atoms with van der Waals surface area (Å²) in [6, 6.07) is 12.2. The summed E-state index contributed by atoms with van der Waals surface area (Å²) < 4.78 is 18.2. The van der Waals surface area contributed by atoms with Crippen molar-refractivity contribution in [2.24, 2.45) is 0 Å². The average Bonchev–Trinajstić information content (AvgIpc) is 2.60. The number of aryl methyl sites for hydroxylation is 1. The molecule has 0 saturated carbocycles. The molecule has 0 radical (unpaired) electrons. The Morgan fingerprint density at radius 1 is 1.08 bits per heavy atom. The molecule has 2 aromatic carbocycles. The number of amides is 1. The van der Waals surface area contributed by atoms with Crippen LogP contribution >= 0.6 is 0 Å². The standard InChI is InChI=1S/C19H15FN2O3/c1-11-9-15(13-8-7-12(20)10-17(13)21-11)18(23)22-16-6-4-3-5-14(16)19(24)25-2/h3-10H,1-2H3,(H,22,23). The molecule has 1 heterocycles. The lowest BCUT2D eigenvalue weighted by Crippen LogP contribution is -2.16. The number of pyridine rings is 1. The van der Waals surface area contributed by atoms with Crippen LogP contribution in [0.25, 0.3) is 10.9 Å². The van der Waals surface area contributed by atoms with Crippen molar-refractivity contribution in [1.29, 1.82) is 0 Å². The minimum absolute atomic E-state index is 0.250. The molecule has 0 aliphatic rings. The lowest BCUT2D eigenvalue weighted by Gasteiger charge is -2.11. The zero-order chi connectivity index (χ0) is 18.0. The van der Waals surface area contributed by atoms with Gasteiger partial charge in [0, 0.05) is 17.1 Å². The number of nitrogens with one attached hydrogen (secondary N) is 1. The maximum atomic E-state index is 13.4. The predicted octanol–water partition coefficient (Wildman–Crippen LogP) is 3.72. The fraction of sp³-hybridized carbons (Fsp3) is 0.105. The molecule has 0 aliphatic carbocycles. The van der Waals surface area contributed by atoms with Crippen LogP contribution < -0.4 is 5.32 Å². The monoisotopic (exact) mass is 338 g/mol. The number of benzene rings is 2. The zero-order valence-electron chi connectivity index (χ0n) is 13.7. The number of fused-ring (bicyclic) bond motifs is 1. The first-order valence-electron chi connectivity index (χ1n) is 7.55. The Morgan fingerprint density at radius 2 is 1.84 bits per heavy atom. The summed E-state index contributed by atoms with van der Waals surface area (Å²) in [5.41, 5.74) is 1.92. The van der Waals surface area contributed by atoms with Crippen LogP contribution in [-0.4, -0.2) is 24.0 Å². The first kappa shape index (κ1) is 16.6. The second-order valence-corrected chi connectivity index (χ2v) is 5.46. The fourth-order valence-electron chi connectivity index (χ4n) is 2.59. The number of halogens is 1. The van der Waals surface area contributed by atoms with E-state index < -0.39 is 17.7 Å². The highest BCUT2D eigenvalue weighted by Gasteiger charge is 2.17. The Balaban J connectivity index is 2.03. The molecule has 1 N–H and O–H groups in total. The number of carbonyl (C=O) groups excluding carboxylic acids is 2. The molecule has 0 atom stereocenters. The van der Waals surface area contributed by atoms with Crippen molar-refractivity contribution in [2.75, 3.05) is 12.4 Å². The molecule has 0 fully saturated rings. The van der Waals surface area contributed by atoms with Gasteiger partial charge in [-0.15, -0.1) is 0 Å². The number of hydrogen-bond acceptors (Lipinski definition) is 4. The van der Waals surface area contributed by atoms with E-state index in [2.05, 4.69) is 10.3 Å². The Labute approximate surface area is 143 Å². The van der Waals surface area contributed by atoms with Crippen molar-refractivity contribution >= 4 is 28.5 Å². The van der Waals surface area contributed by atoms with Gasteiger partial charge in [-0.05, 0) is 37.3 Å². The second-order valence-electron chi connectivity index (χ2n) is 5.46. The first-order chi connectivity index (χ1) is 12.0. The topological polar surface area (TPSA) is 68.3 Å². The van der Waals surface area contributed by atoms with Gasteiger partial charge in [-0.1, -0.05) is 12.1 Å². The van der Waals surface area contributed by atoms with E-state index in [9.17, 15) is 14.0 Å². The van der Waals surface area contributed by atoms with E-state index in [1.807, 2.05) is 0 Å².